The van der Waals surface area contributed by atoms with Gasteiger partial charge < -0.3 is 10.1 Å². The monoisotopic (exact) mass is 270 g/mol. The van der Waals surface area contributed by atoms with E-state index < -0.39 is 0 Å². The van der Waals surface area contributed by atoms with Crippen LogP contribution in [0.2, 0.25) is 0 Å². The molecule has 1 heterocycles. The minimum absolute atomic E-state index is 0.680. The van der Waals surface area contributed by atoms with Crippen LogP contribution in [-0.2, 0) is 6.54 Å². The molecular weight excluding hydrogens is 248 g/mol. The molecule has 0 aliphatic carbocycles. The van der Waals surface area contributed by atoms with E-state index in [1.165, 1.54) is 11.1 Å². The van der Waals surface area contributed by atoms with Gasteiger partial charge >= 0.3 is 0 Å². The van der Waals surface area contributed by atoms with Crippen molar-refractivity contribution in [2.45, 2.75) is 33.7 Å². The van der Waals surface area contributed by atoms with Crippen molar-refractivity contribution < 1.29 is 4.74 Å². The van der Waals surface area contributed by atoms with Crippen LogP contribution < -0.4 is 10.1 Å². The summed E-state index contributed by atoms with van der Waals surface area (Å²) in [6.45, 7) is 8.12. The van der Waals surface area contributed by atoms with Gasteiger partial charge in [0.1, 0.15) is 5.75 Å². The van der Waals surface area contributed by atoms with Crippen LogP contribution in [0.4, 0.5) is 0 Å². The number of rotatable bonds is 6. The fraction of sp³-hybridized carbons (Fsp3) is 0.353. The van der Waals surface area contributed by atoms with Crippen LogP contribution in [-0.4, -0.2) is 11.5 Å². The number of benzene rings is 1. The molecule has 0 radical (unpaired) electrons. The lowest BCUT2D eigenvalue weighted by molar-refractivity contribution is 0.452. The van der Waals surface area contributed by atoms with E-state index >= 15 is 0 Å². The van der Waals surface area contributed by atoms with Gasteiger partial charge in [-0.3, -0.25) is 0 Å². The van der Waals surface area contributed by atoms with E-state index in [2.05, 4.69) is 37.1 Å². The Morgan fingerprint density at radius 3 is 2.75 bits per heavy atom. The van der Waals surface area contributed by atoms with Crippen molar-refractivity contribution in [1.82, 2.24) is 10.3 Å². The number of hydrogen-bond donors (Lipinski definition) is 1. The molecule has 0 atom stereocenters. The second-order valence-corrected chi connectivity index (χ2v) is 4.99. The summed E-state index contributed by atoms with van der Waals surface area (Å²) in [7, 11) is 0. The highest BCUT2D eigenvalue weighted by Gasteiger charge is 2.06. The molecule has 0 aliphatic heterocycles. The van der Waals surface area contributed by atoms with Crippen molar-refractivity contribution in [2.75, 3.05) is 6.54 Å². The molecule has 3 nitrogen and oxygen atoms in total. The molecule has 106 valence electrons. The zero-order valence-corrected chi connectivity index (χ0v) is 12.4. The van der Waals surface area contributed by atoms with Crippen molar-refractivity contribution in [3.05, 3.63) is 53.2 Å². The van der Waals surface area contributed by atoms with Gasteiger partial charge in [-0.15, -0.1) is 0 Å². The third-order valence-electron chi connectivity index (χ3n) is 3.29. The van der Waals surface area contributed by atoms with Crippen LogP contribution in [0.3, 0.4) is 0 Å². The zero-order valence-electron chi connectivity index (χ0n) is 12.4. The van der Waals surface area contributed by atoms with Gasteiger partial charge in [-0.05, 0) is 56.1 Å². The number of hydrogen-bond acceptors (Lipinski definition) is 3. The molecule has 3 heteroatoms. The molecule has 0 saturated carbocycles. The van der Waals surface area contributed by atoms with Crippen LogP contribution in [0.1, 0.15) is 30.0 Å². The van der Waals surface area contributed by atoms with Gasteiger partial charge in [0.15, 0.2) is 0 Å². The Bertz CT molecular complexity index is 567. The Hall–Kier alpha value is -1.87. The minimum atomic E-state index is 0.680. The van der Waals surface area contributed by atoms with E-state index in [-0.39, 0.29) is 0 Å². The van der Waals surface area contributed by atoms with Gasteiger partial charge in [0.2, 0.25) is 5.88 Å². The largest absolute Gasteiger partial charge is 0.439 e. The van der Waals surface area contributed by atoms with E-state index in [0.29, 0.717) is 5.88 Å². The number of aromatic nitrogens is 1. The highest BCUT2D eigenvalue weighted by Crippen LogP contribution is 2.24. The van der Waals surface area contributed by atoms with E-state index in [4.69, 9.17) is 4.74 Å². The van der Waals surface area contributed by atoms with Crippen LogP contribution in [0.5, 0.6) is 11.6 Å². The average Bonchev–Trinajstić information content (AvgIpc) is 2.45. The first-order chi connectivity index (χ1) is 9.70. The van der Waals surface area contributed by atoms with E-state index in [1.54, 1.807) is 6.20 Å². The molecule has 0 aliphatic rings. The van der Waals surface area contributed by atoms with Crippen molar-refractivity contribution >= 4 is 0 Å². The van der Waals surface area contributed by atoms with Crippen LogP contribution in [0.15, 0.2) is 36.5 Å². The van der Waals surface area contributed by atoms with E-state index in [0.717, 1.165) is 30.8 Å². The summed E-state index contributed by atoms with van der Waals surface area (Å²) in [4.78, 5) is 4.34. The fourth-order valence-electron chi connectivity index (χ4n) is 1.94. The summed E-state index contributed by atoms with van der Waals surface area (Å²) in [6.07, 6.45) is 2.88. The number of pyridine rings is 1. The van der Waals surface area contributed by atoms with Crippen molar-refractivity contribution in [3.8, 4) is 11.6 Å². The average molecular weight is 270 g/mol. The SMILES string of the molecule is CCCNCc1cccnc1Oc1ccc(C)c(C)c1. The van der Waals surface area contributed by atoms with Gasteiger partial charge in [-0.2, -0.15) is 0 Å². The molecule has 0 bridgehead atoms. The normalized spacial score (nSPS) is 10.6. The lowest BCUT2D eigenvalue weighted by atomic mass is 10.1. The fourth-order valence-corrected chi connectivity index (χ4v) is 1.94. The van der Waals surface area contributed by atoms with Crippen molar-refractivity contribution in [3.63, 3.8) is 0 Å². The molecule has 1 N–H and O–H groups in total. The number of nitrogens with one attached hydrogen (secondary N) is 1. The maximum atomic E-state index is 5.92. The summed E-state index contributed by atoms with van der Waals surface area (Å²) < 4.78 is 5.92. The first-order valence-corrected chi connectivity index (χ1v) is 7.10. The molecule has 0 fully saturated rings. The lowest BCUT2D eigenvalue weighted by Gasteiger charge is -2.11. The number of nitrogens with zero attached hydrogens (tertiary/aromatic N) is 1. The summed E-state index contributed by atoms with van der Waals surface area (Å²) in [5, 5.41) is 3.38. The Labute approximate surface area is 121 Å². The molecular formula is C17H22N2O. The second-order valence-electron chi connectivity index (χ2n) is 4.99. The Balaban J connectivity index is 2.13. The molecule has 2 aromatic rings. The summed E-state index contributed by atoms with van der Waals surface area (Å²) in [5.74, 6) is 1.52. The summed E-state index contributed by atoms with van der Waals surface area (Å²) in [5.41, 5.74) is 3.58. The molecule has 1 aromatic carbocycles. The van der Waals surface area contributed by atoms with Gasteiger partial charge in [0.25, 0.3) is 0 Å². The molecule has 0 saturated heterocycles. The lowest BCUT2D eigenvalue weighted by Crippen LogP contribution is -2.14. The van der Waals surface area contributed by atoms with E-state index in [9.17, 15) is 0 Å². The van der Waals surface area contributed by atoms with Gasteiger partial charge in [-0.1, -0.05) is 19.1 Å². The maximum absolute atomic E-state index is 5.92. The molecule has 0 spiro atoms. The quantitative estimate of drug-likeness (QED) is 0.806. The predicted octanol–water partition coefficient (Wildman–Crippen LogP) is 3.99. The molecule has 0 unspecified atom stereocenters. The first-order valence-electron chi connectivity index (χ1n) is 7.10. The van der Waals surface area contributed by atoms with Crippen LogP contribution in [0, 0.1) is 13.8 Å². The van der Waals surface area contributed by atoms with Gasteiger partial charge in [0, 0.05) is 18.3 Å². The van der Waals surface area contributed by atoms with Crippen molar-refractivity contribution in [1.29, 1.82) is 0 Å². The summed E-state index contributed by atoms with van der Waals surface area (Å²) in [6, 6.07) is 10.1. The maximum Gasteiger partial charge on any atom is 0.223 e. The van der Waals surface area contributed by atoms with Crippen LogP contribution in [0.25, 0.3) is 0 Å². The highest BCUT2D eigenvalue weighted by atomic mass is 16.5. The Morgan fingerprint density at radius 1 is 1.15 bits per heavy atom. The number of ether oxygens (including phenoxy) is 1. The minimum Gasteiger partial charge on any atom is -0.439 e. The first kappa shape index (κ1) is 14.5. The Kier molecular flexibility index (Phi) is 5.13. The molecule has 2 rings (SSSR count). The van der Waals surface area contributed by atoms with Gasteiger partial charge in [-0.25, -0.2) is 4.98 Å². The van der Waals surface area contributed by atoms with Crippen molar-refractivity contribution in [2.24, 2.45) is 0 Å². The van der Waals surface area contributed by atoms with Gasteiger partial charge in [0.05, 0.1) is 0 Å². The van der Waals surface area contributed by atoms with E-state index in [1.807, 2.05) is 24.3 Å². The summed E-state index contributed by atoms with van der Waals surface area (Å²) >= 11 is 0. The zero-order chi connectivity index (χ0) is 14.4. The standard InChI is InChI=1S/C17H22N2O/c1-4-9-18-12-15-6-5-10-19-17(15)20-16-8-7-13(2)14(3)11-16/h5-8,10-11,18H,4,9,12H2,1-3H3. The van der Waals surface area contributed by atoms with Crippen LogP contribution >= 0.6 is 0 Å². The number of aryl methyl sites for hydroxylation is 2. The molecule has 1 aromatic heterocycles. The smallest absolute Gasteiger partial charge is 0.223 e. The topological polar surface area (TPSA) is 34.2 Å². The molecule has 0 amide bonds. The predicted molar refractivity (Wildman–Crippen MR) is 82.2 cm³/mol. The third-order valence-corrected chi connectivity index (χ3v) is 3.29. The second kappa shape index (κ2) is 7.06. The third kappa shape index (κ3) is 3.81. The molecule has 20 heavy (non-hydrogen) atoms. The highest BCUT2D eigenvalue weighted by molar-refractivity contribution is 5.37. The Morgan fingerprint density at radius 2 is 2.00 bits per heavy atom.